The number of anilines is 1. The third kappa shape index (κ3) is 7.38. The van der Waals surface area contributed by atoms with Gasteiger partial charge in [-0.15, -0.1) is 0 Å². The van der Waals surface area contributed by atoms with Crippen molar-refractivity contribution in [2.45, 2.75) is 53.0 Å². The van der Waals surface area contributed by atoms with Crippen LogP contribution in [0.1, 0.15) is 57.2 Å². The summed E-state index contributed by atoms with van der Waals surface area (Å²) in [4.78, 5) is 14.8. The van der Waals surface area contributed by atoms with E-state index < -0.39 is 0 Å². The van der Waals surface area contributed by atoms with E-state index in [1.165, 1.54) is 0 Å². The number of nitrogens with zero attached hydrogens (tertiary/aromatic N) is 1. The van der Waals surface area contributed by atoms with E-state index in [0.717, 1.165) is 29.7 Å². The van der Waals surface area contributed by atoms with Crippen LogP contribution in [0.3, 0.4) is 0 Å². The molecule has 0 aliphatic carbocycles. The highest BCUT2D eigenvalue weighted by Crippen LogP contribution is 2.25. The second-order valence-electron chi connectivity index (χ2n) is 8.15. The van der Waals surface area contributed by atoms with Gasteiger partial charge >= 0.3 is 6.03 Å². The van der Waals surface area contributed by atoms with Crippen LogP contribution in [0.4, 0.5) is 10.5 Å². The summed E-state index contributed by atoms with van der Waals surface area (Å²) in [5.41, 5.74) is 2.81. The minimum Gasteiger partial charge on any atom is -0.493 e. The smallest absolute Gasteiger partial charge is 0.322 e. The van der Waals surface area contributed by atoms with Gasteiger partial charge in [0, 0.05) is 24.9 Å². The topological polar surface area (TPSA) is 61.8 Å². The molecule has 2 aromatic carbocycles. The van der Waals surface area contributed by atoms with Crippen molar-refractivity contribution in [2.75, 3.05) is 25.1 Å². The van der Waals surface area contributed by atoms with E-state index in [1.807, 2.05) is 62.4 Å². The zero-order chi connectivity index (χ0) is 21.9. The third-order valence-electron chi connectivity index (χ3n) is 5.19. The number of carbonyl (C=O) groups is 1. The van der Waals surface area contributed by atoms with Crippen LogP contribution in [0.25, 0.3) is 0 Å². The molecule has 0 spiro atoms. The van der Waals surface area contributed by atoms with Gasteiger partial charge in [0.05, 0.1) is 12.6 Å². The monoisotopic (exact) mass is 412 g/mol. The Morgan fingerprint density at radius 3 is 2.50 bits per heavy atom. The average molecular weight is 413 g/mol. The normalized spacial score (nSPS) is 11.9. The second-order valence-corrected chi connectivity index (χ2v) is 8.15. The Kier molecular flexibility index (Phi) is 9.68. The number of carbonyl (C=O) groups excluding carboxylic acids is 1. The van der Waals surface area contributed by atoms with Crippen LogP contribution in [0.2, 0.25) is 0 Å². The Hall–Kier alpha value is -2.53. The fourth-order valence-electron chi connectivity index (χ4n) is 3.33. The molecule has 5 nitrogen and oxygen atoms in total. The second kappa shape index (κ2) is 12.2. The lowest BCUT2D eigenvalue weighted by Crippen LogP contribution is -2.38. The predicted octanol–water partition coefficient (Wildman–Crippen LogP) is 5.79. The van der Waals surface area contributed by atoms with Crippen molar-refractivity contribution in [3.63, 3.8) is 0 Å². The maximum Gasteiger partial charge on any atom is 0.322 e. The number of rotatable bonds is 11. The van der Waals surface area contributed by atoms with Gasteiger partial charge in [0.2, 0.25) is 0 Å². The number of amides is 2. The minimum absolute atomic E-state index is 0.0458. The molecule has 0 aliphatic rings. The molecule has 5 heteroatoms. The molecule has 30 heavy (non-hydrogen) atoms. The number of benzene rings is 2. The van der Waals surface area contributed by atoms with Crippen LogP contribution in [0.5, 0.6) is 5.75 Å². The molecule has 0 radical (unpaired) electrons. The number of hydrogen-bond donors (Lipinski definition) is 2. The molecule has 0 bridgehead atoms. The summed E-state index contributed by atoms with van der Waals surface area (Å²) in [6.45, 7) is 9.62. The molecule has 0 fully saturated rings. The number of urea groups is 1. The highest BCUT2D eigenvalue weighted by atomic mass is 16.5. The maximum atomic E-state index is 13.1. The minimum atomic E-state index is -0.186. The summed E-state index contributed by atoms with van der Waals surface area (Å²) < 4.78 is 5.95. The highest BCUT2D eigenvalue weighted by molar-refractivity contribution is 5.90. The van der Waals surface area contributed by atoms with E-state index in [2.05, 4.69) is 19.2 Å². The van der Waals surface area contributed by atoms with Crippen molar-refractivity contribution in [3.8, 4) is 5.75 Å². The average Bonchev–Trinajstić information content (AvgIpc) is 2.73. The molecule has 0 heterocycles. The predicted molar refractivity (Wildman–Crippen MR) is 123 cm³/mol. The lowest BCUT2D eigenvalue weighted by molar-refractivity contribution is 0.182. The number of aliphatic hydroxyl groups excluding tert-OH is 1. The Balaban J connectivity index is 2.07. The molecule has 164 valence electrons. The van der Waals surface area contributed by atoms with E-state index in [-0.39, 0.29) is 18.7 Å². The molecule has 0 aromatic heterocycles. The SMILES string of the molecule is Cc1ccc(NC(=O)N(CCCO)C(C)c2ccccc2)cc1OCCCC(C)C. The van der Waals surface area contributed by atoms with Crippen LogP contribution in [0.15, 0.2) is 48.5 Å². The fourth-order valence-corrected chi connectivity index (χ4v) is 3.33. The van der Waals surface area contributed by atoms with Crippen molar-refractivity contribution in [3.05, 3.63) is 59.7 Å². The van der Waals surface area contributed by atoms with E-state index in [0.29, 0.717) is 31.2 Å². The molecule has 2 amide bonds. The first-order valence-electron chi connectivity index (χ1n) is 10.9. The van der Waals surface area contributed by atoms with Crippen molar-refractivity contribution in [2.24, 2.45) is 5.92 Å². The van der Waals surface area contributed by atoms with Crippen LogP contribution in [0, 0.1) is 12.8 Å². The quantitative estimate of drug-likeness (QED) is 0.459. The molecule has 0 aliphatic heterocycles. The van der Waals surface area contributed by atoms with Gasteiger partial charge < -0.3 is 20.1 Å². The third-order valence-corrected chi connectivity index (χ3v) is 5.19. The number of nitrogens with one attached hydrogen (secondary N) is 1. The first-order valence-corrected chi connectivity index (χ1v) is 10.9. The van der Waals surface area contributed by atoms with E-state index in [4.69, 9.17) is 4.74 Å². The van der Waals surface area contributed by atoms with Crippen molar-refractivity contribution < 1.29 is 14.6 Å². The molecule has 1 atom stereocenters. The Labute approximate surface area is 181 Å². The van der Waals surface area contributed by atoms with Gasteiger partial charge in [-0.25, -0.2) is 4.79 Å². The standard InChI is InChI=1S/C25H36N2O3/c1-19(2)10-8-17-30-24-18-23(14-13-20(24)3)26-25(29)27(15-9-16-28)21(4)22-11-6-5-7-12-22/h5-7,11-14,18-19,21,28H,8-10,15-17H2,1-4H3,(H,26,29). The summed E-state index contributed by atoms with van der Waals surface area (Å²) >= 11 is 0. The lowest BCUT2D eigenvalue weighted by Gasteiger charge is -2.30. The van der Waals surface area contributed by atoms with Gasteiger partial charge in [-0.05, 0) is 56.2 Å². The summed E-state index contributed by atoms with van der Waals surface area (Å²) in [6.07, 6.45) is 2.67. The zero-order valence-electron chi connectivity index (χ0n) is 18.7. The van der Waals surface area contributed by atoms with Crippen LogP contribution >= 0.6 is 0 Å². The summed E-state index contributed by atoms with van der Waals surface area (Å²) in [7, 11) is 0. The van der Waals surface area contributed by atoms with Crippen LogP contribution in [-0.2, 0) is 0 Å². The van der Waals surface area contributed by atoms with Crippen LogP contribution in [-0.4, -0.2) is 35.8 Å². The van der Waals surface area contributed by atoms with Gasteiger partial charge in [-0.3, -0.25) is 0 Å². The van der Waals surface area contributed by atoms with Gasteiger partial charge in [0.25, 0.3) is 0 Å². The number of aliphatic hydroxyl groups is 1. The van der Waals surface area contributed by atoms with Gasteiger partial charge in [0.15, 0.2) is 0 Å². The molecule has 0 saturated carbocycles. The van der Waals surface area contributed by atoms with E-state index >= 15 is 0 Å². The largest absolute Gasteiger partial charge is 0.493 e. The fraction of sp³-hybridized carbons (Fsp3) is 0.480. The molecule has 1 unspecified atom stereocenters. The molecule has 2 rings (SSSR count). The maximum absolute atomic E-state index is 13.1. The molecule has 2 N–H and O–H groups in total. The van der Waals surface area contributed by atoms with Gasteiger partial charge in [-0.2, -0.15) is 0 Å². The van der Waals surface area contributed by atoms with E-state index in [1.54, 1.807) is 4.90 Å². The first-order chi connectivity index (χ1) is 14.4. The molecule has 2 aromatic rings. The highest BCUT2D eigenvalue weighted by Gasteiger charge is 2.21. The molecular formula is C25H36N2O3. The van der Waals surface area contributed by atoms with E-state index in [9.17, 15) is 9.90 Å². The summed E-state index contributed by atoms with van der Waals surface area (Å²) in [6, 6.07) is 15.4. The number of hydrogen-bond acceptors (Lipinski definition) is 3. The first kappa shape index (κ1) is 23.7. The van der Waals surface area contributed by atoms with Crippen molar-refractivity contribution in [1.29, 1.82) is 0 Å². The Bertz CT molecular complexity index is 777. The lowest BCUT2D eigenvalue weighted by atomic mass is 10.1. The van der Waals surface area contributed by atoms with Gasteiger partial charge in [-0.1, -0.05) is 50.2 Å². The summed E-state index contributed by atoms with van der Waals surface area (Å²) in [5, 5.41) is 12.3. The Morgan fingerprint density at radius 2 is 1.83 bits per heavy atom. The zero-order valence-corrected chi connectivity index (χ0v) is 18.7. The molecular weight excluding hydrogens is 376 g/mol. The summed E-state index contributed by atoms with van der Waals surface area (Å²) in [5.74, 6) is 1.46. The number of ether oxygens (including phenoxy) is 1. The van der Waals surface area contributed by atoms with Crippen molar-refractivity contribution in [1.82, 2.24) is 4.90 Å². The number of aryl methyl sites for hydroxylation is 1. The Morgan fingerprint density at radius 1 is 1.10 bits per heavy atom. The van der Waals surface area contributed by atoms with Crippen molar-refractivity contribution >= 4 is 11.7 Å². The van der Waals surface area contributed by atoms with Gasteiger partial charge in [0.1, 0.15) is 5.75 Å². The molecule has 0 saturated heterocycles. The van der Waals surface area contributed by atoms with Crippen LogP contribution < -0.4 is 10.1 Å².